The molecule has 0 heterocycles. The van der Waals surface area contributed by atoms with Crippen LogP contribution in [0.2, 0.25) is 0 Å². The Bertz CT molecular complexity index is 264. The highest BCUT2D eigenvalue weighted by Gasteiger charge is 2.00. The molecule has 65 valence electrons. The SMILES string of the molecule is [CH2]C(C)Oc1ccc(C)cc1C. The highest BCUT2D eigenvalue weighted by Crippen LogP contribution is 2.19. The van der Waals surface area contributed by atoms with Crippen molar-refractivity contribution in [1.29, 1.82) is 0 Å². The molecule has 0 aliphatic carbocycles. The molecule has 1 aromatic rings. The van der Waals surface area contributed by atoms with Crippen LogP contribution in [0.5, 0.6) is 5.75 Å². The highest BCUT2D eigenvalue weighted by atomic mass is 16.5. The summed E-state index contributed by atoms with van der Waals surface area (Å²) in [6.45, 7) is 9.83. The lowest BCUT2D eigenvalue weighted by molar-refractivity contribution is 0.265. The molecule has 1 rings (SSSR count). The largest absolute Gasteiger partial charge is 0.490 e. The molecule has 1 nitrogen and oxygen atoms in total. The molecule has 0 aliphatic heterocycles. The summed E-state index contributed by atoms with van der Waals surface area (Å²) < 4.78 is 5.49. The third-order valence-electron chi connectivity index (χ3n) is 1.66. The summed E-state index contributed by atoms with van der Waals surface area (Å²) >= 11 is 0. The van der Waals surface area contributed by atoms with Crippen LogP contribution in [0.1, 0.15) is 18.1 Å². The zero-order chi connectivity index (χ0) is 9.14. The van der Waals surface area contributed by atoms with E-state index >= 15 is 0 Å². The van der Waals surface area contributed by atoms with Gasteiger partial charge in [0.1, 0.15) is 5.75 Å². The first-order chi connectivity index (χ1) is 5.59. The summed E-state index contributed by atoms with van der Waals surface area (Å²) in [6.07, 6.45) is 0.00593. The molecule has 12 heavy (non-hydrogen) atoms. The second-order valence-electron chi connectivity index (χ2n) is 3.20. The van der Waals surface area contributed by atoms with Crippen LogP contribution in [0.4, 0.5) is 0 Å². The van der Waals surface area contributed by atoms with E-state index in [1.54, 1.807) is 0 Å². The molecular weight excluding hydrogens is 148 g/mol. The summed E-state index contributed by atoms with van der Waals surface area (Å²) in [7, 11) is 0. The minimum atomic E-state index is 0.00593. The number of hydrogen-bond acceptors (Lipinski definition) is 1. The first-order valence-corrected chi connectivity index (χ1v) is 4.16. The molecule has 1 aromatic carbocycles. The summed E-state index contributed by atoms with van der Waals surface area (Å²) in [6, 6.07) is 6.15. The van der Waals surface area contributed by atoms with E-state index in [2.05, 4.69) is 19.9 Å². The van der Waals surface area contributed by atoms with Gasteiger partial charge in [-0.05, 0) is 39.3 Å². The molecule has 0 aliphatic rings. The standard InChI is InChI=1S/C11H15O/c1-8(2)12-11-6-5-9(3)7-10(11)4/h5-8H,1H2,2-4H3. The van der Waals surface area contributed by atoms with Gasteiger partial charge >= 0.3 is 0 Å². The molecule has 0 aromatic heterocycles. The maximum absolute atomic E-state index is 5.49. The van der Waals surface area contributed by atoms with Gasteiger partial charge in [0.15, 0.2) is 0 Å². The fourth-order valence-electron chi connectivity index (χ4n) is 1.15. The molecule has 1 heteroatoms. The van der Waals surface area contributed by atoms with E-state index in [0.717, 1.165) is 5.75 Å². The van der Waals surface area contributed by atoms with Crippen LogP contribution in [0, 0.1) is 20.8 Å². The van der Waals surface area contributed by atoms with Gasteiger partial charge < -0.3 is 4.74 Å². The molecule has 0 bridgehead atoms. The van der Waals surface area contributed by atoms with Gasteiger partial charge in [0.05, 0.1) is 6.10 Å². The van der Waals surface area contributed by atoms with Gasteiger partial charge in [-0.2, -0.15) is 0 Å². The van der Waals surface area contributed by atoms with Crippen LogP contribution in [-0.2, 0) is 0 Å². The third kappa shape index (κ3) is 2.26. The van der Waals surface area contributed by atoms with E-state index < -0.39 is 0 Å². The number of hydrogen-bond donors (Lipinski definition) is 0. The Morgan fingerprint density at radius 3 is 2.50 bits per heavy atom. The van der Waals surface area contributed by atoms with Gasteiger partial charge in [0.25, 0.3) is 0 Å². The molecule has 0 saturated heterocycles. The molecular formula is C11H15O. The van der Waals surface area contributed by atoms with Crippen LogP contribution in [-0.4, -0.2) is 6.10 Å². The summed E-state index contributed by atoms with van der Waals surface area (Å²) in [5.41, 5.74) is 2.43. The molecule has 0 fully saturated rings. The van der Waals surface area contributed by atoms with Crippen molar-refractivity contribution in [2.45, 2.75) is 26.9 Å². The van der Waals surface area contributed by atoms with Crippen LogP contribution in [0.25, 0.3) is 0 Å². The van der Waals surface area contributed by atoms with Crippen LogP contribution in [0.3, 0.4) is 0 Å². The van der Waals surface area contributed by atoms with Crippen LogP contribution < -0.4 is 4.74 Å². The van der Waals surface area contributed by atoms with E-state index in [9.17, 15) is 0 Å². The Balaban J connectivity index is 2.86. The van der Waals surface area contributed by atoms with Crippen molar-refractivity contribution in [3.05, 3.63) is 36.2 Å². The third-order valence-corrected chi connectivity index (χ3v) is 1.66. The Morgan fingerprint density at radius 2 is 2.00 bits per heavy atom. The molecule has 0 N–H and O–H groups in total. The minimum absolute atomic E-state index is 0.00593. The summed E-state index contributed by atoms with van der Waals surface area (Å²) in [4.78, 5) is 0. The molecule has 1 atom stereocenters. The van der Waals surface area contributed by atoms with Crippen LogP contribution in [0.15, 0.2) is 18.2 Å². The van der Waals surface area contributed by atoms with Crippen molar-refractivity contribution < 1.29 is 4.74 Å². The molecule has 0 spiro atoms. The lowest BCUT2D eigenvalue weighted by atomic mass is 10.1. The Hall–Kier alpha value is -0.980. The maximum Gasteiger partial charge on any atom is 0.122 e. The minimum Gasteiger partial charge on any atom is -0.490 e. The van der Waals surface area contributed by atoms with Gasteiger partial charge in [-0.1, -0.05) is 17.7 Å². The Morgan fingerprint density at radius 1 is 1.33 bits per heavy atom. The molecule has 0 saturated carbocycles. The van der Waals surface area contributed by atoms with Crippen molar-refractivity contribution in [3.8, 4) is 5.75 Å². The normalized spacial score (nSPS) is 10.4. The number of benzene rings is 1. The van der Waals surface area contributed by atoms with Gasteiger partial charge in [-0.25, -0.2) is 0 Å². The van der Waals surface area contributed by atoms with Crippen molar-refractivity contribution in [2.24, 2.45) is 0 Å². The van der Waals surface area contributed by atoms with E-state index in [0.29, 0.717) is 0 Å². The van der Waals surface area contributed by atoms with Gasteiger partial charge in [-0.3, -0.25) is 0 Å². The van der Waals surface area contributed by atoms with E-state index in [1.165, 1.54) is 11.1 Å². The quantitative estimate of drug-likeness (QED) is 0.651. The second kappa shape index (κ2) is 3.61. The molecule has 1 unspecified atom stereocenters. The average Bonchev–Trinajstić information content (AvgIpc) is 1.94. The first kappa shape index (κ1) is 9.11. The topological polar surface area (TPSA) is 9.23 Å². The summed E-state index contributed by atoms with van der Waals surface area (Å²) in [5, 5.41) is 0. The Kier molecular flexibility index (Phi) is 2.74. The van der Waals surface area contributed by atoms with Gasteiger partial charge in [0, 0.05) is 0 Å². The predicted molar refractivity (Wildman–Crippen MR) is 51.4 cm³/mol. The number of rotatable bonds is 2. The Labute approximate surface area is 74.4 Å². The van der Waals surface area contributed by atoms with Gasteiger partial charge in [-0.15, -0.1) is 0 Å². The molecule has 1 radical (unpaired) electrons. The zero-order valence-electron chi connectivity index (χ0n) is 7.92. The van der Waals surface area contributed by atoms with Gasteiger partial charge in [0.2, 0.25) is 0 Å². The molecule has 0 amide bonds. The fraction of sp³-hybridized carbons (Fsp3) is 0.364. The predicted octanol–water partition coefficient (Wildman–Crippen LogP) is 2.90. The smallest absolute Gasteiger partial charge is 0.122 e. The number of aryl methyl sites for hydroxylation is 2. The maximum atomic E-state index is 5.49. The monoisotopic (exact) mass is 163 g/mol. The van der Waals surface area contributed by atoms with Crippen molar-refractivity contribution >= 4 is 0 Å². The van der Waals surface area contributed by atoms with E-state index in [1.807, 2.05) is 26.0 Å². The zero-order valence-corrected chi connectivity index (χ0v) is 7.92. The summed E-state index contributed by atoms with van der Waals surface area (Å²) in [5.74, 6) is 0.933. The second-order valence-corrected chi connectivity index (χ2v) is 3.20. The first-order valence-electron chi connectivity index (χ1n) is 4.16. The van der Waals surface area contributed by atoms with E-state index in [4.69, 9.17) is 4.74 Å². The van der Waals surface area contributed by atoms with Crippen molar-refractivity contribution in [3.63, 3.8) is 0 Å². The lowest BCUT2D eigenvalue weighted by Crippen LogP contribution is -2.06. The van der Waals surface area contributed by atoms with Crippen molar-refractivity contribution in [1.82, 2.24) is 0 Å². The van der Waals surface area contributed by atoms with Crippen LogP contribution >= 0.6 is 0 Å². The lowest BCUT2D eigenvalue weighted by Gasteiger charge is -2.12. The van der Waals surface area contributed by atoms with Crippen molar-refractivity contribution in [2.75, 3.05) is 0 Å². The highest BCUT2D eigenvalue weighted by molar-refractivity contribution is 5.35. The average molecular weight is 163 g/mol. The fourth-order valence-corrected chi connectivity index (χ4v) is 1.15. The van der Waals surface area contributed by atoms with E-state index in [-0.39, 0.29) is 6.10 Å². The number of ether oxygens (including phenoxy) is 1.